The van der Waals surface area contributed by atoms with Gasteiger partial charge in [-0.15, -0.1) is 0 Å². The molecule has 0 radical (unpaired) electrons. The molecule has 0 aliphatic carbocycles. The van der Waals surface area contributed by atoms with E-state index < -0.39 is 0 Å². The number of hydrogen-bond donors (Lipinski definition) is 2. The maximum Gasteiger partial charge on any atom is 0.238 e. The molecule has 2 unspecified atom stereocenters. The Morgan fingerprint density at radius 3 is 2.95 bits per heavy atom. The van der Waals surface area contributed by atoms with Crippen LogP contribution < -0.4 is 10.6 Å². The fourth-order valence-corrected chi connectivity index (χ4v) is 3.28. The van der Waals surface area contributed by atoms with Crippen LogP contribution in [0, 0.1) is 11.7 Å². The van der Waals surface area contributed by atoms with Crippen molar-refractivity contribution in [1.29, 1.82) is 0 Å². The number of hydrogen-bond acceptors (Lipinski definition) is 3. The highest BCUT2D eigenvalue weighted by atomic mass is 19.1. The lowest BCUT2D eigenvalue weighted by molar-refractivity contribution is -0.118. The number of carbonyl (C=O) groups is 1. The van der Waals surface area contributed by atoms with Crippen LogP contribution in [0.5, 0.6) is 0 Å². The number of halogens is 1. The monoisotopic (exact) mass is 277 g/mol. The van der Waals surface area contributed by atoms with E-state index in [4.69, 9.17) is 0 Å². The largest absolute Gasteiger partial charge is 0.325 e. The van der Waals surface area contributed by atoms with E-state index in [1.54, 1.807) is 12.1 Å². The Balaban J connectivity index is 1.57. The van der Waals surface area contributed by atoms with Crippen LogP contribution in [0.4, 0.5) is 10.1 Å². The van der Waals surface area contributed by atoms with Crippen molar-refractivity contribution in [3.05, 3.63) is 30.1 Å². The molecule has 1 amide bonds. The molecule has 1 aromatic carbocycles. The predicted octanol–water partition coefficient (Wildman–Crippen LogP) is 1.45. The summed E-state index contributed by atoms with van der Waals surface area (Å²) in [6.07, 6.45) is 2.42. The van der Waals surface area contributed by atoms with Gasteiger partial charge in [0.25, 0.3) is 0 Å². The van der Waals surface area contributed by atoms with E-state index in [1.807, 2.05) is 0 Å². The standard InChI is InChI=1S/C15H20FN3O/c16-12-3-5-13(6-4-12)18-15(20)10-19-7-1-2-11-8-17-9-14(11)19/h3-6,11,14,17H,1-2,7-10H2,(H,18,20). The Kier molecular flexibility index (Phi) is 3.98. The number of likely N-dealkylation sites (tertiary alicyclic amines) is 1. The first kappa shape index (κ1) is 13.5. The molecule has 0 saturated carbocycles. The maximum absolute atomic E-state index is 12.8. The molecule has 3 rings (SSSR count). The molecule has 5 heteroatoms. The van der Waals surface area contributed by atoms with Crippen LogP contribution in [0.3, 0.4) is 0 Å². The van der Waals surface area contributed by atoms with E-state index >= 15 is 0 Å². The third-order valence-corrected chi connectivity index (χ3v) is 4.27. The van der Waals surface area contributed by atoms with Gasteiger partial charge in [0.2, 0.25) is 5.91 Å². The minimum Gasteiger partial charge on any atom is -0.325 e. The van der Waals surface area contributed by atoms with E-state index in [2.05, 4.69) is 15.5 Å². The summed E-state index contributed by atoms with van der Waals surface area (Å²) in [5.41, 5.74) is 0.648. The number of benzene rings is 1. The molecule has 0 bridgehead atoms. The van der Waals surface area contributed by atoms with E-state index in [9.17, 15) is 9.18 Å². The topological polar surface area (TPSA) is 44.4 Å². The van der Waals surface area contributed by atoms with Crippen molar-refractivity contribution in [1.82, 2.24) is 10.2 Å². The van der Waals surface area contributed by atoms with Crippen molar-refractivity contribution in [3.63, 3.8) is 0 Å². The molecule has 20 heavy (non-hydrogen) atoms. The molecule has 108 valence electrons. The predicted molar refractivity (Wildman–Crippen MR) is 76.0 cm³/mol. The van der Waals surface area contributed by atoms with E-state index in [0.717, 1.165) is 26.1 Å². The summed E-state index contributed by atoms with van der Waals surface area (Å²) in [4.78, 5) is 14.4. The van der Waals surface area contributed by atoms with Gasteiger partial charge in [-0.3, -0.25) is 9.69 Å². The van der Waals surface area contributed by atoms with Crippen LogP contribution in [-0.2, 0) is 4.79 Å². The second-order valence-corrected chi connectivity index (χ2v) is 5.65. The summed E-state index contributed by atoms with van der Waals surface area (Å²) in [5, 5.41) is 6.24. The first-order valence-corrected chi connectivity index (χ1v) is 7.22. The van der Waals surface area contributed by atoms with Gasteiger partial charge in [0.1, 0.15) is 5.82 Å². The van der Waals surface area contributed by atoms with Crippen LogP contribution in [0.2, 0.25) is 0 Å². The SMILES string of the molecule is O=C(CN1CCCC2CNCC21)Nc1ccc(F)cc1. The second-order valence-electron chi connectivity index (χ2n) is 5.65. The van der Waals surface area contributed by atoms with Crippen LogP contribution >= 0.6 is 0 Å². The molecule has 2 saturated heterocycles. The summed E-state index contributed by atoms with van der Waals surface area (Å²) in [5.74, 6) is 0.366. The van der Waals surface area contributed by atoms with Crippen LogP contribution in [0.15, 0.2) is 24.3 Å². The number of nitrogens with zero attached hydrogens (tertiary/aromatic N) is 1. The van der Waals surface area contributed by atoms with Crippen molar-refractivity contribution in [2.75, 3.05) is 31.5 Å². The summed E-state index contributed by atoms with van der Waals surface area (Å²) in [6, 6.07) is 6.37. The smallest absolute Gasteiger partial charge is 0.238 e. The van der Waals surface area contributed by atoms with Crippen molar-refractivity contribution < 1.29 is 9.18 Å². The highest BCUT2D eigenvalue weighted by Gasteiger charge is 2.35. The molecule has 1 aromatic rings. The second kappa shape index (κ2) is 5.89. The van der Waals surface area contributed by atoms with Crippen molar-refractivity contribution in [3.8, 4) is 0 Å². The van der Waals surface area contributed by atoms with Gasteiger partial charge in [-0.1, -0.05) is 0 Å². The number of piperidine rings is 1. The highest BCUT2D eigenvalue weighted by molar-refractivity contribution is 5.92. The van der Waals surface area contributed by atoms with Crippen LogP contribution in [0.1, 0.15) is 12.8 Å². The molecular weight excluding hydrogens is 257 g/mol. The Hall–Kier alpha value is -1.46. The summed E-state index contributed by atoms with van der Waals surface area (Å²) in [7, 11) is 0. The maximum atomic E-state index is 12.8. The van der Waals surface area contributed by atoms with Gasteiger partial charge in [-0.25, -0.2) is 4.39 Å². The molecule has 0 spiro atoms. The Bertz CT molecular complexity index is 477. The lowest BCUT2D eigenvalue weighted by Gasteiger charge is -2.36. The lowest BCUT2D eigenvalue weighted by atomic mass is 9.92. The van der Waals surface area contributed by atoms with Gasteiger partial charge >= 0.3 is 0 Å². The summed E-state index contributed by atoms with van der Waals surface area (Å²) >= 11 is 0. The molecule has 4 nitrogen and oxygen atoms in total. The third-order valence-electron chi connectivity index (χ3n) is 4.27. The first-order chi connectivity index (χ1) is 9.72. The van der Waals surface area contributed by atoms with Crippen molar-refractivity contribution >= 4 is 11.6 Å². The molecule has 2 atom stereocenters. The average molecular weight is 277 g/mol. The van der Waals surface area contributed by atoms with E-state index in [0.29, 0.717) is 24.2 Å². The molecule has 2 aliphatic heterocycles. The number of amides is 1. The quantitative estimate of drug-likeness (QED) is 0.879. The normalized spacial score (nSPS) is 26.2. The number of fused-ring (bicyclic) bond motifs is 1. The molecule has 2 N–H and O–H groups in total. The fourth-order valence-electron chi connectivity index (χ4n) is 3.28. The van der Waals surface area contributed by atoms with Crippen LogP contribution in [0.25, 0.3) is 0 Å². The fraction of sp³-hybridized carbons (Fsp3) is 0.533. The van der Waals surface area contributed by atoms with Gasteiger partial charge in [0.15, 0.2) is 0 Å². The van der Waals surface area contributed by atoms with Gasteiger partial charge in [0.05, 0.1) is 6.54 Å². The van der Waals surface area contributed by atoms with Gasteiger partial charge in [-0.05, 0) is 56.1 Å². The zero-order chi connectivity index (χ0) is 13.9. The highest BCUT2D eigenvalue weighted by Crippen LogP contribution is 2.26. The number of rotatable bonds is 3. The summed E-state index contributed by atoms with van der Waals surface area (Å²) < 4.78 is 12.8. The Morgan fingerprint density at radius 1 is 1.35 bits per heavy atom. The van der Waals surface area contributed by atoms with Crippen molar-refractivity contribution in [2.45, 2.75) is 18.9 Å². The Morgan fingerprint density at radius 2 is 2.15 bits per heavy atom. The van der Waals surface area contributed by atoms with E-state index in [1.165, 1.54) is 18.6 Å². The van der Waals surface area contributed by atoms with Gasteiger partial charge in [0, 0.05) is 18.3 Å². The summed E-state index contributed by atoms with van der Waals surface area (Å²) in [6.45, 7) is 3.45. The molecule has 0 aromatic heterocycles. The zero-order valence-corrected chi connectivity index (χ0v) is 11.4. The van der Waals surface area contributed by atoms with Crippen molar-refractivity contribution in [2.24, 2.45) is 5.92 Å². The number of carbonyl (C=O) groups excluding carboxylic acids is 1. The number of anilines is 1. The van der Waals surface area contributed by atoms with Crippen LogP contribution in [-0.4, -0.2) is 43.0 Å². The van der Waals surface area contributed by atoms with Gasteiger partial charge < -0.3 is 10.6 Å². The van der Waals surface area contributed by atoms with Gasteiger partial charge in [-0.2, -0.15) is 0 Å². The number of nitrogens with one attached hydrogen (secondary N) is 2. The molecule has 2 fully saturated rings. The Labute approximate surface area is 118 Å². The molecular formula is C15H20FN3O. The minimum atomic E-state index is -0.293. The minimum absolute atomic E-state index is 0.0239. The average Bonchev–Trinajstić information content (AvgIpc) is 2.91. The molecule has 2 heterocycles. The molecule has 2 aliphatic rings. The lowest BCUT2D eigenvalue weighted by Crippen LogP contribution is -2.48. The van der Waals surface area contributed by atoms with E-state index in [-0.39, 0.29) is 11.7 Å². The first-order valence-electron chi connectivity index (χ1n) is 7.22. The third kappa shape index (κ3) is 2.99. The zero-order valence-electron chi connectivity index (χ0n) is 11.4.